The van der Waals surface area contributed by atoms with Gasteiger partial charge in [-0.15, -0.1) is 0 Å². The molecule has 0 saturated carbocycles. The van der Waals surface area contributed by atoms with E-state index in [0.29, 0.717) is 19.5 Å². The Kier molecular flexibility index (Phi) is 2.91. The number of aryl methyl sites for hydroxylation is 1. The number of carbonyl (C=O) groups is 1. The molecule has 5 heteroatoms. The van der Waals surface area contributed by atoms with Crippen LogP contribution in [-0.4, -0.2) is 33.7 Å². The molecule has 2 rings (SSSR count). The highest BCUT2D eigenvalue weighted by Gasteiger charge is 2.28. The summed E-state index contributed by atoms with van der Waals surface area (Å²) in [5, 5.41) is 13.0. The van der Waals surface area contributed by atoms with Crippen molar-refractivity contribution in [1.82, 2.24) is 14.7 Å². The van der Waals surface area contributed by atoms with Crippen molar-refractivity contribution in [2.24, 2.45) is 13.0 Å². The predicted octanol–water partition coefficient (Wildman–Crippen LogP) is 0.335. The second-order valence-electron chi connectivity index (χ2n) is 4.10. The van der Waals surface area contributed by atoms with Gasteiger partial charge in [-0.25, -0.2) is 0 Å². The molecule has 1 aliphatic rings. The monoisotopic (exact) mass is 218 g/mol. The Morgan fingerprint density at radius 3 is 3.06 bits per heavy atom. The number of rotatable bonds is 3. The number of hydrogen-bond donors (Lipinski definition) is 0. The highest BCUT2D eigenvalue weighted by atomic mass is 16.2. The fraction of sp³-hybridized carbons (Fsp3) is 0.545. The third kappa shape index (κ3) is 2.22. The molecular weight excluding hydrogens is 204 g/mol. The van der Waals surface area contributed by atoms with Gasteiger partial charge in [-0.2, -0.15) is 10.4 Å². The topological polar surface area (TPSA) is 61.9 Å². The molecule has 1 aromatic rings. The lowest BCUT2D eigenvalue weighted by Crippen LogP contribution is -2.27. The average Bonchev–Trinajstić information content (AvgIpc) is 2.82. The van der Waals surface area contributed by atoms with E-state index in [1.54, 1.807) is 9.58 Å². The Morgan fingerprint density at radius 2 is 2.50 bits per heavy atom. The molecule has 0 N–H and O–H groups in total. The fourth-order valence-electron chi connectivity index (χ4n) is 1.92. The molecule has 0 aliphatic carbocycles. The van der Waals surface area contributed by atoms with Gasteiger partial charge >= 0.3 is 0 Å². The lowest BCUT2D eigenvalue weighted by Gasteiger charge is -2.14. The van der Waals surface area contributed by atoms with Gasteiger partial charge < -0.3 is 4.90 Å². The highest BCUT2D eigenvalue weighted by Crippen LogP contribution is 2.16. The van der Waals surface area contributed by atoms with Crippen LogP contribution in [0.2, 0.25) is 0 Å². The van der Waals surface area contributed by atoms with Gasteiger partial charge in [-0.1, -0.05) is 0 Å². The smallest absolute Gasteiger partial charge is 0.224 e. The zero-order valence-corrected chi connectivity index (χ0v) is 9.26. The number of nitriles is 1. The average molecular weight is 218 g/mol. The van der Waals surface area contributed by atoms with Crippen molar-refractivity contribution in [3.8, 4) is 6.07 Å². The van der Waals surface area contributed by atoms with Crippen LogP contribution in [0.25, 0.3) is 0 Å². The number of nitrogens with zero attached hydrogens (tertiary/aromatic N) is 4. The molecule has 16 heavy (non-hydrogen) atoms. The van der Waals surface area contributed by atoms with Crippen molar-refractivity contribution < 1.29 is 4.79 Å². The normalized spacial score (nSPS) is 20.1. The Labute approximate surface area is 94.3 Å². The van der Waals surface area contributed by atoms with Gasteiger partial charge in [-0.3, -0.25) is 9.48 Å². The fourth-order valence-corrected chi connectivity index (χ4v) is 1.92. The van der Waals surface area contributed by atoms with Crippen LogP contribution < -0.4 is 0 Å². The van der Waals surface area contributed by atoms with E-state index in [9.17, 15) is 4.79 Å². The molecule has 1 unspecified atom stereocenters. The second kappa shape index (κ2) is 4.35. The first kappa shape index (κ1) is 10.7. The first-order chi connectivity index (χ1) is 7.69. The van der Waals surface area contributed by atoms with Gasteiger partial charge in [-0.05, 0) is 6.07 Å². The van der Waals surface area contributed by atoms with E-state index >= 15 is 0 Å². The quantitative estimate of drug-likeness (QED) is 0.734. The molecule has 0 radical (unpaired) electrons. The van der Waals surface area contributed by atoms with Crippen LogP contribution in [-0.2, 0) is 18.3 Å². The lowest BCUT2D eigenvalue weighted by molar-refractivity contribution is -0.127. The molecule has 1 amide bonds. The van der Waals surface area contributed by atoms with Gasteiger partial charge in [0.05, 0.1) is 17.7 Å². The van der Waals surface area contributed by atoms with E-state index in [1.165, 1.54) is 0 Å². The molecule has 2 heterocycles. The zero-order valence-electron chi connectivity index (χ0n) is 9.26. The van der Waals surface area contributed by atoms with E-state index < -0.39 is 0 Å². The third-order valence-corrected chi connectivity index (χ3v) is 2.80. The second-order valence-corrected chi connectivity index (χ2v) is 4.10. The number of aromatic nitrogens is 2. The van der Waals surface area contributed by atoms with Gasteiger partial charge in [0.2, 0.25) is 5.91 Å². The number of amides is 1. The lowest BCUT2D eigenvalue weighted by atomic mass is 10.1. The van der Waals surface area contributed by atoms with E-state index in [-0.39, 0.29) is 11.8 Å². The molecule has 84 valence electrons. The Balaban J connectivity index is 1.87. The molecule has 1 atom stereocenters. The minimum Gasteiger partial charge on any atom is -0.341 e. The number of hydrogen-bond acceptors (Lipinski definition) is 3. The molecule has 1 aliphatic heterocycles. The summed E-state index contributed by atoms with van der Waals surface area (Å²) in [6.45, 7) is 1.23. The van der Waals surface area contributed by atoms with Crippen molar-refractivity contribution in [3.05, 3.63) is 18.0 Å². The molecule has 0 spiro atoms. The van der Waals surface area contributed by atoms with E-state index in [4.69, 9.17) is 5.26 Å². The summed E-state index contributed by atoms with van der Waals surface area (Å²) in [7, 11) is 1.87. The summed E-state index contributed by atoms with van der Waals surface area (Å²) in [5.74, 6) is -0.0429. The van der Waals surface area contributed by atoms with Crippen LogP contribution in [0.15, 0.2) is 12.3 Å². The minimum absolute atomic E-state index is 0.0856. The van der Waals surface area contributed by atoms with Gasteiger partial charge in [0.25, 0.3) is 0 Å². The summed E-state index contributed by atoms with van der Waals surface area (Å²) >= 11 is 0. The van der Waals surface area contributed by atoms with Crippen LogP contribution in [0.5, 0.6) is 0 Å². The van der Waals surface area contributed by atoms with Gasteiger partial charge in [0.15, 0.2) is 0 Å². The van der Waals surface area contributed by atoms with Crippen LogP contribution >= 0.6 is 0 Å². The maximum Gasteiger partial charge on any atom is 0.224 e. The summed E-state index contributed by atoms with van der Waals surface area (Å²) in [6.07, 6.45) is 3.02. The molecule has 5 nitrogen and oxygen atoms in total. The molecule has 0 aromatic carbocycles. The molecule has 0 bridgehead atoms. The predicted molar refractivity (Wildman–Crippen MR) is 57.2 cm³/mol. The third-order valence-electron chi connectivity index (χ3n) is 2.80. The Bertz CT molecular complexity index is 431. The first-order valence-electron chi connectivity index (χ1n) is 5.35. The standard InChI is InChI=1S/C11H14N4O/c1-14-4-2-10(13-14)3-5-15-8-9(7-12)6-11(15)16/h2,4,9H,3,5-6,8H2,1H3. The van der Waals surface area contributed by atoms with Crippen LogP contribution in [0.4, 0.5) is 0 Å². The van der Waals surface area contributed by atoms with Crippen molar-refractivity contribution >= 4 is 5.91 Å². The minimum atomic E-state index is -0.128. The summed E-state index contributed by atoms with van der Waals surface area (Å²) in [6, 6.07) is 4.09. The maximum atomic E-state index is 11.5. The molecule has 1 aromatic heterocycles. The van der Waals surface area contributed by atoms with E-state index in [1.807, 2.05) is 19.3 Å². The van der Waals surface area contributed by atoms with Crippen molar-refractivity contribution in [1.29, 1.82) is 5.26 Å². The highest BCUT2D eigenvalue weighted by molar-refractivity contribution is 5.79. The van der Waals surface area contributed by atoms with Crippen LogP contribution in [0.3, 0.4) is 0 Å². The van der Waals surface area contributed by atoms with Gasteiger partial charge in [0, 0.05) is 39.2 Å². The molecular formula is C11H14N4O. The zero-order chi connectivity index (χ0) is 11.5. The largest absolute Gasteiger partial charge is 0.341 e. The maximum absolute atomic E-state index is 11.5. The van der Waals surface area contributed by atoms with Gasteiger partial charge in [0.1, 0.15) is 0 Å². The van der Waals surface area contributed by atoms with Crippen molar-refractivity contribution in [3.63, 3.8) is 0 Å². The number of likely N-dealkylation sites (tertiary alicyclic amines) is 1. The van der Waals surface area contributed by atoms with E-state index in [2.05, 4.69) is 11.2 Å². The first-order valence-corrected chi connectivity index (χ1v) is 5.35. The number of carbonyl (C=O) groups excluding carboxylic acids is 1. The van der Waals surface area contributed by atoms with Crippen molar-refractivity contribution in [2.75, 3.05) is 13.1 Å². The van der Waals surface area contributed by atoms with Crippen LogP contribution in [0, 0.1) is 17.2 Å². The Morgan fingerprint density at radius 1 is 1.69 bits per heavy atom. The summed E-state index contributed by atoms with van der Waals surface area (Å²) in [5.41, 5.74) is 0.982. The van der Waals surface area contributed by atoms with Crippen LogP contribution in [0.1, 0.15) is 12.1 Å². The summed E-state index contributed by atoms with van der Waals surface area (Å²) < 4.78 is 1.75. The van der Waals surface area contributed by atoms with Crippen molar-refractivity contribution in [2.45, 2.75) is 12.8 Å². The molecule has 1 saturated heterocycles. The Hall–Kier alpha value is -1.83. The van der Waals surface area contributed by atoms with E-state index in [0.717, 1.165) is 12.1 Å². The molecule has 1 fully saturated rings. The summed E-state index contributed by atoms with van der Waals surface area (Å²) in [4.78, 5) is 13.3. The SMILES string of the molecule is Cn1ccc(CCN2CC(C#N)CC2=O)n1.